The molecule has 0 amide bonds. The zero-order valence-corrected chi connectivity index (χ0v) is 16.0. The molecule has 5 nitrogen and oxygen atoms in total. The lowest BCUT2D eigenvalue weighted by Crippen LogP contribution is -2.40. The fourth-order valence-corrected chi connectivity index (χ4v) is 3.54. The summed E-state index contributed by atoms with van der Waals surface area (Å²) in [7, 11) is 1.86. The van der Waals surface area contributed by atoms with Crippen LogP contribution < -0.4 is 5.32 Å². The van der Waals surface area contributed by atoms with Gasteiger partial charge in [0.1, 0.15) is 0 Å². The van der Waals surface area contributed by atoms with Crippen LogP contribution in [0.15, 0.2) is 35.3 Å². The maximum atomic E-state index is 4.63. The molecule has 1 N–H and O–H groups in total. The third-order valence-corrected chi connectivity index (χ3v) is 4.86. The molecule has 134 valence electrons. The van der Waals surface area contributed by atoms with Crippen molar-refractivity contribution in [1.82, 2.24) is 20.0 Å². The molecular weight excluding hydrogens is 310 g/mol. The molecule has 1 aliphatic heterocycles. The van der Waals surface area contributed by atoms with Gasteiger partial charge in [-0.2, -0.15) is 5.10 Å². The Hall–Kier alpha value is -2.30. The fourth-order valence-electron chi connectivity index (χ4n) is 3.54. The summed E-state index contributed by atoms with van der Waals surface area (Å²) in [5.74, 6) is 0.980. The van der Waals surface area contributed by atoms with Crippen molar-refractivity contribution in [3.05, 3.63) is 47.3 Å². The Morgan fingerprint density at radius 1 is 1.28 bits per heavy atom. The Balaban J connectivity index is 1.77. The van der Waals surface area contributed by atoms with Crippen LogP contribution in [0.4, 0.5) is 0 Å². The van der Waals surface area contributed by atoms with Gasteiger partial charge in [-0.1, -0.05) is 32.0 Å². The first-order valence-corrected chi connectivity index (χ1v) is 8.97. The normalized spacial score (nSPS) is 17.2. The van der Waals surface area contributed by atoms with Crippen LogP contribution in [-0.2, 0) is 6.54 Å². The lowest BCUT2D eigenvalue weighted by atomic mass is 9.93. The number of benzene rings is 1. The van der Waals surface area contributed by atoms with Gasteiger partial charge in [0, 0.05) is 32.4 Å². The molecule has 1 aromatic carbocycles. The van der Waals surface area contributed by atoms with E-state index in [2.05, 4.69) is 71.4 Å². The standard InChI is InChI=1S/C20H29N5/c1-15-12-16(2)25(23-15)18-9-7-6-8-17(18)13-22-19(21-5)24-11-10-20(3,4)14-24/h6-9,12H,10-11,13-14H2,1-5H3,(H,21,22). The molecule has 25 heavy (non-hydrogen) atoms. The van der Waals surface area contributed by atoms with Crippen LogP contribution in [0, 0.1) is 19.3 Å². The summed E-state index contributed by atoms with van der Waals surface area (Å²) in [6.07, 6.45) is 1.20. The summed E-state index contributed by atoms with van der Waals surface area (Å²) in [6, 6.07) is 10.5. The lowest BCUT2D eigenvalue weighted by molar-refractivity contribution is 0.370. The first-order chi connectivity index (χ1) is 11.9. The van der Waals surface area contributed by atoms with E-state index in [4.69, 9.17) is 0 Å². The van der Waals surface area contributed by atoms with Gasteiger partial charge in [0.25, 0.3) is 0 Å². The average Bonchev–Trinajstić information content (AvgIpc) is 3.10. The molecule has 1 aromatic heterocycles. The summed E-state index contributed by atoms with van der Waals surface area (Å²) in [5, 5.41) is 8.17. The van der Waals surface area contributed by atoms with Crippen LogP contribution in [0.25, 0.3) is 5.69 Å². The highest BCUT2D eigenvalue weighted by atomic mass is 15.3. The molecule has 3 rings (SSSR count). The molecule has 5 heteroatoms. The first kappa shape index (κ1) is 17.5. The highest BCUT2D eigenvalue weighted by Gasteiger charge is 2.30. The highest BCUT2D eigenvalue weighted by Crippen LogP contribution is 2.28. The molecule has 0 bridgehead atoms. The van der Waals surface area contributed by atoms with Crippen LogP contribution in [-0.4, -0.2) is 40.8 Å². The van der Waals surface area contributed by atoms with E-state index < -0.39 is 0 Å². The van der Waals surface area contributed by atoms with Crippen molar-refractivity contribution in [3.63, 3.8) is 0 Å². The van der Waals surface area contributed by atoms with Crippen molar-refractivity contribution in [2.24, 2.45) is 10.4 Å². The average molecular weight is 339 g/mol. The molecule has 0 radical (unpaired) electrons. The zero-order valence-electron chi connectivity index (χ0n) is 16.0. The Kier molecular flexibility index (Phi) is 4.84. The molecule has 0 atom stereocenters. The van der Waals surface area contributed by atoms with E-state index in [9.17, 15) is 0 Å². The van der Waals surface area contributed by atoms with Crippen LogP contribution in [0.5, 0.6) is 0 Å². The third-order valence-electron chi connectivity index (χ3n) is 4.86. The molecule has 1 saturated heterocycles. The van der Waals surface area contributed by atoms with Crippen molar-refractivity contribution >= 4 is 5.96 Å². The van der Waals surface area contributed by atoms with Gasteiger partial charge in [-0.05, 0) is 43.4 Å². The summed E-state index contributed by atoms with van der Waals surface area (Å²) in [6.45, 7) is 11.6. The smallest absolute Gasteiger partial charge is 0.193 e. The van der Waals surface area contributed by atoms with E-state index in [1.807, 2.05) is 18.7 Å². The minimum atomic E-state index is 0.360. The summed E-state index contributed by atoms with van der Waals surface area (Å²) in [4.78, 5) is 6.84. The predicted octanol–water partition coefficient (Wildman–Crippen LogP) is 3.30. The number of aryl methyl sites for hydroxylation is 2. The number of likely N-dealkylation sites (tertiary alicyclic amines) is 1. The van der Waals surface area contributed by atoms with Gasteiger partial charge < -0.3 is 10.2 Å². The Morgan fingerprint density at radius 3 is 2.64 bits per heavy atom. The van der Waals surface area contributed by atoms with Gasteiger partial charge in [-0.15, -0.1) is 0 Å². The molecule has 2 aromatic rings. The van der Waals surface area contributed by atoms with E-state index >= 15 is 0 Å². The van der Waals surface area contributed by atoms with Gasteiger partial charge in [0.2, 0.25) is 0 Å². The van der Waals surface area contributed by atoms with Gasteiger partial charge in [0.15, 0.2) is 5.96 Å². The summed E-state index contributed by atoms with van der Waals surface area (Å²) in [5.41, 5.74) is 4.89. The number of guanidine groups is 1. The zero-order chi connectivity index (χ0) is 18.0. The van der Waals surface area contributed by atoms with Crippen LogP contribution in [0.2, 0.25) is 0 Å². The lowest BCUT2D eigenvalue weighted by Gasteiger charge is -2.24. The second-order valence-corrected chi connectivity index (χ2v) is 7.70. The first-order valence-electron chi connectivity index (χ1n) is 8.97. The van der Waals surface area contributed by atoms with Crippen LogP contribution in [0.1, 0.15) is 37.2 Å². The van der Waals surface area contributed by atoms with E-state index in [1.165, 1.54) is 12.0 Å². The Bertz CT molecular complexity index is 772. The molecular formula is C20H29N5. The quantitative estimate of drug-likeness (QED) is 0.689. The number of para-hydroxylation sites is 1. The number of rotatable bonds is 3. The number of nitrogens with one attached hydrogen (secondary N) is 1. The van der Waals surface area contributed by atoms with Gasteiger partial charge in [-0.3, -0.25) is 4.99 Å². The maximum absolute atomic E-state index is 4.63. The largest absolute Gasteiger partial charge is 0.352 e. The van der Waals surface area contributed by atoms with Gasteiger partial charge in [-0.25, -0.2) is 4.68 Å². The molecule has 0 aliphatic carbocycles. The second kappa shape index (κ2) is 6.90. The van der Waals surface area contributed by atoms with Gasteiger partial charge >= 0.3 is 0 Å². The van der Waals surface area contributed by atoms with Gasteiger partial charge in [0.05, 0.1) is 11.4 Å². The minimum Gasteiger partial charge on any atom is -0.352 e. The summed E-state index contributed by atoms with van der Waals surface area (Å²) < 4.78 is 2.02. The van der Waals surface area contributed by atoms with E-state index in [1.54, 1.807) is 0 Å². The van der Waals surface area contributed by atoms with Crippen molar-refractivity contribution < 1.29 is 0 Å². The molecule has 2 heterocycles. The number of hydrogen-bond acceptors (Lipinski definition) is 2. The van der Waals surface area contributed by atoms with E-state index in [0.29, 0.717) is 5.41 Å². The number of aliphatic imine (C=N–C) groups is 1. The van der Waals surface area contributed by atoms with Crippen molar-refractivity contribution in [2.45, 2.75) is 40.7 Å². The number of hydrogen-bond donors (Lipinski definition) is 1. The van der Waals surface area contributed by atoms with Crippen molar-refractivity contribution in [3.8, 4) is 5.69 Å². The number of nitrogens with zero attached hydrogens (tertiary/aromatic N) is 4. The highest BCUT2D eigenvalue weighted by molar-refractivity contribution is 5.80. The summed E-state index contributed by atoms with van der Waals surface area (Å²) >= 11 is 0. The minimum absolute atomic E-state index is 0.360. The predicted molar refractivity (Wildman–Crippen MR) is 103 cm³/mol. The van der Waals surface area contributed by atoms with Crippen molar-refractivity contribution in [1.29, 1.82) is 0 Å². The topological polar surface area (TPSA) is 45.5 Å². The Labute approximate surface area is 150 Å². The molecule has 1 aliphatic rings. The molecule has 1 fully saturated rings. The molecule has 0 saturated carbocycles. The van der Waals surface area contributed by atoms with Crippen LogP contribution in [0.3, 0.4) is 0 Å². The van der Waals surface area contributed by atoms with Crippen LogP contribution >= 0.6 is 0 Å². The van der Waals surface area contributed by atoms with E-state index in [-0.39, 0.29) is 0 Å². The fraction of sp³-hybridized carbons (Fsp3) is 0.500. The maximum Gasteiger partial charge on any atom is 0.193 e. The second-order valence-electron chi connectivity index (χ2n) is 7.70. The Morgan fingerprint density at radius 2 is 2.04 bits per heavy atom. The third kappa shape index (κ3) is 3.86. The van der Waals surface area contributed by atoms with E-state index in [0.717, 1.165) is 42.7 Å². The van der Waals surface area contributed by atoms with Crippen molar-refractivity contribution in [2.75, 3.05) is 20.1 Å². The monoisotopic (exact) mass is 339 g/mol. The molecule has 0 unspecified atom stereocenters. The number of aromatic nitrogens is 2. The SMILES string of the molecule is CN=C(NCc1ccccc1-n1nc(C)cc1C)N1CCC(C)(C)C1. The molecule has 0 spiro atoms.